The lowest BCUT2D eigenvalue weighted by atomic mass is 9.76. The first-order valence-corrected chi connectivity index (χ1v) is 11.8. The quantitative estimate of drug-likeness (QED) is 0.528. The van der Waals surface area contributed by atoms with Crippen LogP contribution in [0.2, 0.25) is 5.02 Å². The highest BCUT2D eigenvalue weighted by Gasteiger charge is 2.90. The molecule has 5 atom stereocenters. The predicted molar refractivity (Wildman–Crippen MR) is 129 cm³/mol. The normalized spacial score (nSPS) is 29.2. The van der Waals surface area contributed by atoms with E-state index in [1.807, 2.05) is 84.9 Å². The Hall–Kier alpha value is -3.15. The number of nitrogens with one attached hydrogen (secondary N) is 1. The Morgan fingerprint density at radius 3 is 2.06 bits per heavy atom. The average Bonchev–Trinajstić information content (AvgIpc) is 3.39. The van der Waals surface area contributed by atoms with Crippen molar-refractivity contribution in [1.82, 2.24) is 5.32 Å². The maximum absolute atomic E-state index is 13.6. The van der Waals surface area contributed by atoms with E-state index in [1.54, 1.807) is 6.92 Å². The molecule has 0 amide bonds. The molecule has 3 aromatic rings. The average molecular weight is 476 g/mol. The van der Waals surface area contributed by atoms with E-state index in [2.05, 4.69) is 5.32 Å². The topological polar surface area (TPSA) is 64.6 Å². The Kier molecular flexibility index (Phi) is 5.70. The molecule has 6 heteroatoms. The smallest absolute Gasteiger partial charge is 0.323 e. The van der Waals surface area contributed by atoms with E-state index in [0.29, 0.717) is 5.02 Å². The molecule has 174 valence electrons. The third kappa shape index (κ3) is 2.97. The largest absolute Gasteiger partial charge is 0.468 e. The zero-order chi connectivity index (χ0) is 23.9. The van der Waals surface area contributed by atoms with Crippen molar-refractivity contribution in [1.29, 1.82) is 0 Å². The lowest BCUT2D eigenvalue weighted by molar-refractivity contribution is -0.147. The van der Waals surface area contributed by atoms with E-state index in [-0.39, 0.29) is 18.6 Å². The summed E-state index contributed by atoms with van der Waals surface area (Å²) < 4.78 is 10.9. The van der Waals surface area contributed by atoms with Crippen LogP contribution in [-0.4, -0.2) is 31.7 Å². The SMILES string of the molecule is CCOC(=O)[C@@H]1[C@@]2(c3ccccc3)[C@@H](C(=O)OC)N[C@@H](c3cccc(Cl)c3)[C@@]12c1ccccc1. The van der Waals surface area contributed by atoms with E-state index in [0.717, 1.165) is 16.7 Å². The highest BCUT2D eigenvalue weighted by molar-refractivity contribution is 6.30. The molecule has 1 saturated heterocycles. The Morgan fingerprint density at radius 1 is 0.882 bits per heavy atom. The summed E-state index contributed by atoms with van der Waals surface area (Å²) in [5.41, 5.74) is 1.06. The van der Waals surface area contributed by atoms with Crippen molar-refractivity contribution >= 4 is 23.5 Å². The second-order valence-electron chi connectivity index (χ2n) is 8.77. The molecule has 0 spiro atoms. The van der Waals surface area contributed by atoms with Gasteiger partial charge in [-0.1, -0.05) is 84.4 Å². The van der Waals surface area contributed by atoms with Crippen LogP contribution in [0.4, 0.5) is 0 Å². The minimum absolute atomic E-state index is 0.253. The van der Waals surface area contributed by atoms with E-state index >= 15 is 0 Å². The standard InChI is InChI=1S/C28H26ClNO4/c1-3-34-25(31)22-27(19-12-6-4-7-13-19)23(18-11-10-16-21(29)17-18)30-24(26(32)33-2)28(22,27)20-14-8-5-9-15-20/h4-17,22-24,30H,3H2,1-2H3/t22-,23-,24+,27+,28-/m0/s1. The number of methoxy groups -OCH3 is 1. The monoisotopic (exact) mass is 475 g/mol. The lowest BCUT2D eigenvalue weighted by Crippen LogP contribution is -2.46. The number of hydrogen-bond acceptors (Lipinski definition) is 5. The van der Waals surface area contributed by atoms with Crippen LogP contribution in [0.3, 0.4) is 0 Å². The number of rotatable bonds is 6. The summed E-state index contributed by atoms with van der Waals surface area (Å²) in [7, 11) is 1.38. The van der Waals surface area contributed by atoms with Crippen LogP contribution in [0.25, 0.3) is 0 Å². The van der Waals surface area contributed by atoms with Crippen molar-refractivity contribution in [3.05, 3.63) is 107 Å². The number of esters is 2. The Morgan fingerprint density at radius 2 is 1.50 bits per heavy atom. The summed E-state index contributed by atoms with van der Waals surface area (Å²) in [6, 6.07) is 26.1. The number of ether oxygens (including phenoxy) is 2. The number of hydrogen-bond donors (Lipinski definition) is 1. The summed E-state index contributed by atoms with van der Waals surface area (Å²) in [5.74, 6) is -1.34. The number of halogens is 1. The molecule has 1 aliphatic heterocycles. The van der Waals surface area contributed by atoms with Gasteiger partial charge in [0, 0.05) is 21.9 Å². The molecule has 3 aromatic carbocycles. The van der Waals surface area contributed by atoms with Gasteiger partial charge >= 0.3 is 11.9 Å². The van der Waals surface area contributed by atoms with E-state index in [1.165, 1.54) is 7.11 Å². The molecule has 2 aliphatic rings. The molecule has 5 nitrogen and oxygen atoms in total. The number of piperidine rings is 1. The Labute approximate surface area is 204 Å². The van der Waals surface area contributed by atoms with Crippen LogP contribution in [0.15, 0.2) is 84.9 Å². The third-order valence-corrected chi connectivity index (χ3v) is 7.64. The molecule has 1 saturated carbocycles. The third-order valence-electron chi connectivity index (χ3n) is 7.40. The molecule has 0 unspecified atom stereocenters. The Bertz CT molecular complexity index is 1220. The fourth-order valence-corrected chi connectivity index (χ4v) is 6.55. The summed E-state index contributed by atoms with van der Waals surface area (Å²) in [6.07, 6.45) is 0. The predicted octanol–water partition coefficient (Wildman–Crippen LogP) is 4.59. The first-order valence-electron chi connectivity index (χ1n) is 11.4. The van der Waals surface area contributed by atoms with Gasteiger partial charge in [-0.15, -0.1) is 0 Å². The molecule has 1 N–H and O–H groups in total. The first kappa shape index (κ1) is 22.6. The lowest BCUT2D eigenvalue weighted by Gasteiger charge is -2.27. The van der Waals surface area contributed by atoms with Gasteiger partial charge in [-0.05, 0) is 35.7 Å². The molecular weight excluding hydrogens is 450 g/mol. The van der Waals surface area contributed by atoms with Crippen LogP contribution in [0.1, 0.15) is 29.7 Å². The van der Waals surface area contributed by atoms with Gasteiger partial charge in [0.25, 0.3) is 0 Å². The molecule has 34 heavy (non-hydrogen) atoms. The number of fused-ring (bicyclic) bond motifs is 1. The number of carbonyl (C=O) groups is 2. The molecule has 1 aliphatic carbocycles. The maximum Gasteiger partial charge on any atom is 0.323 e. The maximum atomic E-state index is 13.6. The number of benzene rings is 3. The minimum atomic E-state index is -0.901. The van der Waals surface area contributed by atoms with Crippen LogP contribution >= 0.6 is 11.6 Å². The summed E-state index contributed by atoms with van der Waals surface area (Å²) in [6.45, 7) is 2.05. The summed E-state index contributed by atoms with van der Waals surface area (Å²) >= 11 is 6.39. The van der Waals surface area contributed by atoms with Crippen LogP contribution in [0.5, 0.6) is 0 Å². The van der Waals surface area contributed by atoms with Crippen molar-refractivity contribution in [3.8, 4) is 0 Å². The van der Waals surface area contributed by atoms with Crippen molar-refractivity contribution in [2.45, 2.75) is 29.8 Å². The highest BCUT2D eigenvalue weighted by Crippen LogP contribution is 2.79. The Balaban J connectivity index is 1.85. The second-order valence-corrected chi connectivity index (χ2v) is 9.20. The van der Waals surface area contributed by atoms with Gasteiger partial charge < -0.3 is 9.47 Å². The van der Waals surface area contributed by atoms with Gasteiger partial charge in [0.2, 0.25) is 0 Å². The first-order chi connectivity index (χ1) is 16.5. The summed E-state index contributed by atoms with van der Waals surface area (Å²) in [4.78, 5) is 27.0. The van der Waals surface area contributed by atoms with Gasteiger partial charge in [0.1, 0.15) is 6.04 Å². The van der Waals surface area contributed by atoms with E-state index in [4.69, 9.17) is 21.1 Å². The fraction of sp³-hybridized carbons (Fsp3) is 0.286. The van der Waals surface area contributed by atoms with Crippen molar-refractivity contribution in [2.75, 3.05) is 13.7 Å². The highest BCUT2D eigenvalue weighted by atomic mass is 35.5. The van der Waals surface area contributed by atoms with E-state index in [9.17, 15) is 9.59 Å². The van der Waals surface area contributed by atoms with Gasteiger partial charge in [-0.2, -0.15) is 0 Å². The molecule has 0 radical (unpaired) electrons. The van der Waals surface area contributed by atoms with Gasteiger partial charge in [-0.3, -0.25) is 14.9 Å². The van der Waals surface area contributed by atoms with Gasteiger partial charge in [0.15, 0.2) is 0 Å². The molecule has 2 fully saturated rings. The zero-order valence-corrected chi connectivity index (χ0v) is 19.8. The van der Waals surface area contributed by atoms with Gasteiger partial charge in [0.05, 0.1) is 19.6 Å². The summed E-state index contributed by atoms with van der Waals surface area (Å²) in [5, 5.41) is 4.14. The van der Waals surface area contributed by atoms with Crippen molar-refractivity contribution < 1.29 is 19.1 Å². The zero-order valence-electron chi connectivity index (χ0n) is 19.0. The second kappa shape index (κ2) is 8.57. The molecule has 0 bridgehead atoms. The minimum Gasteiger partial charge on any atom is -0.468 e. The fourth-order valence-electron chi connectivity index (χ4n) is 6.35. The molecular formula is C28H26ClNO4. The van der Waals surface area contributed by atoms with Crippen LogP contribution < -0.4 is 5.32 Å². The molecule has 1 heterocycles. The van der Waals surface area contributed by atoms with Crippen molar-refractivity contribution in [3.63, 3.8) is 0 Å². The van der Waals surface area contributed by atoms with E-state index < -0.39 is 28.8 Å². The van der Waals surface area contributed by atoms with Gasteiger partial charge in [-0.25, -0.2) is 0 Å². The molecule has 0 aromatic heterocycles. The number of carbonyl (C=O) groups excluding carboxylic acids is 2. The molecule has 5 rings (SSSR count). The van der Waals surface area contributed by atoms with Crippen LogP contribution in [0, 0.1) is 5.92 Å². The van der Waals surface area contributed by atoms with Crippen molar-refractivity contribution in [2.24, 2.45) is 5.92 Å². The van der Waals surface area contributed by atoms with Crippen LogP contribution in [-0.2, 0) is 29.9 Å².